The number of likely N-dealkylation sites (tertiary alicyclic amines) is 1. The second kappa shape index (κ2) is 10.9. The van der Waals surface area contributed by atoms with E-state index in [1.807, 2.05) is 7.05 Å². The quantitative estimate of drug-likeness (QED) is 0.378. The summed E-state index contributed by atoms with van der Waals surface area (Å²) >= 11 is 0. The summed E-state index contributed by atoms with van der Waals surface area (Å²) in [5.74, 6) is 1.54. The maximum Gasteiger partial charge on any atom is 0.191 e. The van der Waals surface area contributed by atoms with Gasteiger partial charge in [-0.15, -0.1) is 0 Å². The molecule has 24 heavy (non-hydrogen) atoms. The lowest BCUT2D eigenvalue weighted by Gasteiger charge is -2.31. The third-order valence-corrected chi connectivity index (χ3v) is 4.94. The van der Waals surface area contributed by atoms with E-state index in [2.05, 4.69) is 34.4 Å². The van der Waals surface area contributed by atoms with Crippen molar-refractivity contribution >= 4 is 5.96 Å². The molecule has 2 unspecified atom stereocenters. The fourth-order valence-corrected chi connectivity index (χ4v) is 3.45. The lowest BCUT2D eigenvalue weighted by molar-refractivity contribution is 0.0420. The second-order valence-electron chi connectivity index (χ2n) is 7.14. The molecule has 2 aliphatic heterocycles. The summed E-state index contributed by atoms with van der Waals surface area (Å²) in [7, 11) is 1.84. The van der Waals surface area contributed by atoms with Gasteiger partial charge < -0.3 is 20.1 Å². The fourth-order valence-electron chi connectivity index (χ4n) is 3.45. The number of aliphatic imine (C=N–C) groups is 1. The normalized spacial score (nSPS) is 23.8. The largest absolute Gasteiger partial charge is 0.379 e. The van der Waals surface area contributed by atoms with Gasteiger partial charge in [0.2, 0.25) is 0 Å². The van der Waals surface area contributed by atoms with Gasteiger partial charge in [-0.05, 0) is 44.7 Å². The molecule has 2 fully saturated rings. The van der Waals surface area contributed by atoms with Crippen molar-refractivity contribution in [2.45, 2.75) is 51.7 Å². The molecule has 0 aromatic rings. The molecule has 6 nitrogen and oxygen atoms in total. The Morgan fingerprint density at radius 1 is 1.29 bits per heavy atom. The Balaban J connectivity index is 1.60. The van der Waals surface area contributed by atoms with Crippen LogP contribution < -0.4 is 10.6 Å². The van der Waals surface area contributed by atoms with Gasteiger partial charge in [0.1, 0.15) is 0 Å². The van der Waals surface area contributed by atoms with E-state index in [4.69, 9.17) is 9.47 Å². The molecule has 2 N–H and O–H groups in total. The number of nitrogens with one attached hydrogen (secondary N) is 2. The highest BCUT2D eigenvalue weighted by Crippen LogP contribution is 2.17. The number of hydrogen-bond donors (Lipinski definition) is 2. The summed E-state index contributed by atoms with van der Waals surface area (Å²) in [6, 6.07) is 0.580. The lowest BCUT2D eigenvalue weighted by Crippen LogP contribution is -2.48. The van der Waals surface area contributed by atoms with Gasteiger partial charge in [-0.2, -0.15) is 0 Å². The van der Waals surface area contributed by atoms with Crippen molar-refractivity contribution in [3.63, 3.8) is 0 Å². The highest BCUT2D eigenvalue weighted by molar-refractivity contribution is 5.79. The van der Waals surface area contributed by atoms with Crippen molar-refractivity contribution in [2.75, 3.05) is 53.0 Å². The number of guanidine groups is 1. The van der Waals surface area contributed by atoms with E-state index < -0.39 is 0 Å². The maximum absolute atomic E-state index is 5.78. The lowest BCUT2D eigenvalue weighted by atomic mass is 10.0. The van der Waals surface area contributed by atoms with E-state index in [1.54, 1.807) is 0 Å². The SMILES string of the molecule is CN=C(NCCCOC1CCOC1)NCC(C(C)C)N1CCCC1. The zero-order valence-electron chi connectivity index (χ0n) is 15.7. The van der Waals surface area contributed by atoms with E-state index in [-0.39, 0.29) is 0 Å². The van der Waals surface area contributed by atoms with Crippen LogP contribution in [0.2, 0.25) is 0 Å². The van der Waals surface area contributed by atoms with E-state index in [1.165, 1.54) is 25.9 Å². The van der Waals surface area contributed by atoms with E-state index in [0.29, 0.717) is 18.1 Å². The molecule has 2 heterocycles. The van der Waals surface area contributed by atoms with Gasteiger partial charge >= 0.3 is 0 Å². The molecule has 0 aliphatic carbocycles. The third-order valence-electron chi connectivity index (χ3n) is 4.94. The molecule has 2 aliphatic rings. The Morgan fingerprint density at radius 2 is 2.08 bits per heavy atom. The van der Waals surface area contributed by atoms with E-state index in [0.717, 1.165) is 51.7 Å². The Hall–Kier alpha value is -0.850. The van der Waals surface area contributed by atoms with Crippen LogP contribution in [0.4, 0.5) is 0 Å². The molecule has 2 saturated heterocycles. The Bertz CT molecular complexity index is 364. The van der Waals surface area contributed by atoms with Crippen LogP contribution in [0.5, 0.6) is 0 Å². The minimum Gasteiger partial charge on any atom is -0.379 e. The predicted octanol–water partition coefficient (Wildman–Crippen LogP) is 1.47. The number of nitrogens with zero attached hydrogens (tertiary/aromatic N) is 2. The summed E-state index contributed by atoms with van der Waals surface area (Å²) < 4.78 is 11.1. The Labute approximate surface area is 147 Å². The van der Waals surface area contributed by atoms with Crippen molar-refractivity contribution < 1.29 is 9.47 Å². The van der Waals surface area contributed by atoms with Crippen LogP contribution in [0.3, 0.4) is 0 Å². The Morgan fingerprint density at radius 3 is 2.71 bits per heavy atom. The van der Waals surface area contributed by atoms with E-state index in [9.17, 15) is 0 Å². The van der Waals surface area contributed by atoms with Crippen molar-refractivity contribution in [3.8, 4) is 0 Å². The van der Waals surface area contributed by atoms with Crippen LogP contribution in [0, 0.1) is 5.92 Å². The highest BCUT2D eigenvalue weighted by atomic mass is 16.5. The molecule has 0 amide bonds. The topological polar surface area (TPSA) is 58.1 Å². The molecule has 2 atom stereocenters. The molecule has 0 aromatic carbocycles. The van der Waals surface area contributed by atoms with Crippen LogP contribution in [-0.4, -0.2) is 76.1 Å². The molecule has 140 valence electrons. The smallest absolute Gasteiger partial charge is 0.191 e. The zero-order valence-corrected chi connectivity index (χ0v) is 15.7. The van der Waals surface area contributed by atoms with Crippen molar-refractivity contribution in [2.24, 2.45) is 10.9 Å². The Kier molecular flexibility index (Phi) is 8.84. The summed E-state index contributed by atoms with van der Waals surface area (Å²) in [6.45, 7) is 11.3. The molecule has 0 spiro atoms. The zero-order chi connectivity index (χ0) is 17.2. The van der Waals surface area contributed by atoms with Gasteiger partial charge in [-0.1, -0.05) is 13.8 Å². The molecule has 2 rings (SSSR count). The number of rotatable bonds is 9. The van der Waals surface area contributed by atoms with Crippen LogP contribution in [0.25, 0.3) is 0 Å². The summed E-state index contributed by atoms with van der Waals surface area (Å²) in [4.78, 5) is 6.95. The predicted molar refractivity (Wildman–Crippen MR) is 98.6 cm³/mol. The first-order chi connectivity index (χ1) is 11.7. The molecule has 0 aromatic heterocycles. The van der Waals surface area contributed by atoms with Crippen molar-refractivity contribution in [1.82, 2.24) is 15.5 Å². The highest BCUT2D eigenvalue weighted by Gasteiger charge is 2.24. The standard InChI is InChI=1S/C18H36N4O2/c1-15(2)17(22-9-4-5-10-22)13-21-18(19-3)20-8-6-11-24-16-7-12-23-14-16/h15-17H,4-14H2,1-3H3,(H2,19,20,21). The minimum absolute atomic E-state index is 0.301. The maximum atomic E-state index is 5.78. The number of hydrogen-bond acceptors (Lipinski definition) is 4. The van der Waals surface area contributed by atoms with Crippen LogP contribution in [0.1, 0.15) is 39.5 Å². The van der Waals surface area contributed by atoms with Crippen LogP contribution in [0.15, 0.2) is 4.99 Å². The first kappa shape index (κ1) is 19.5. The summed E-state index contributed by atoms with van der Waals surface area (Å²) in [5.41, 5.74) is 0. The fraction of sp³-hybridized carbons (Fsp3) is 0.944. The van der Waals surface area contributed by atoms with Gasteiger partial charge in [0.25, 0.3) is 0 Å². The van der Waals surface area contributed by atoms with Crippen molar-refractivity contribution in [3.05, 3.63) is 0 Å². The molecule has 0 bridgehead atoms. The van der Waals surface area contributed by atoms with Gasteiger partial charge in [-0.25, -0.2) is 0 Å². The first-order valence-electron chi connectivity index (χ1n) is 9.58. The second-order valence-corrected chi connectivity index (χ2v) is 7.14. The number of ether oxygens (including phenoxy) is 2. The monoisotopic (exact) mass is 340 g/mol. The summed E-state index contributed by atoms with van der Waals surface area (Å²) in [5, 5.41) is 6.88. The molecule has 0 saturated carbocycles. The van der Waals surface area contributed by atoms with Gasteiger partial charge in [-0.3, -0.25) is 9.89 Å². The molecule has 6 heteroatoms. The first-order valence-corrected chi connectivity index (χ1v) is 9.58. The van der Waals surface area contributed by atoms with Crippen molar-refractivity contribution in [1.29, 1.82) is 0 Å². The molecular formula is C18H36N4O2. The average molecular weight is 341 g/mol. The summed E-state index contributed by atoms with van der Waals surface area (Å²) in [6.07, 6.45) is 4.99. The van der Waals surface area contributed by atoms with Gasteiger partial charge in [0.05, 0.1) is 12.7 Å². The molecular weight excluding hydrogens is 304 g/mol. The van der Waals surface area contributed by atoms with Gasteiger partial charge in [0.15, 0.2) is 5.96 Å². The van der Waals surface area contributed by atoms with Crippen LogP contribution in [-0.2, 0) is 9.47 Å². The average Bonchev–Trinajstić information content (AvgIpc) is 3.26. The van der Waals surface area contributed by atoms with Crippen LogP contribution >= 0.6 is 0 Å². The van der Waals surface area contributed by atoms with E-state index >= 15 is 0 Å². The third kappa shape index (κ3) is 6.57. The van der Waals surface area contributed by atoms with Gasteiger partial charge in [0, 0.05) is 39.4 Å². The molecule has 0 radical (unpaired) electrons. The minimum atomic E-state index is 0.301.